The molecule has 18 heavy (non-hydrogen) atoms. The first-order valence-electron chi connectivity index (χ1n) is 6.40. The smallest absolute Gasteiger partial charge is 0.00236 e. The first kappa shape index (κ1) is 9.90. The molecule has 0 nitrogen and oxygen atoms in total. The Morgan fingerprint density at radius 3 is 2.28 bits per heavy atom. The average Bonchev–Trinajstić information content (AvgIpc) is 2.71. The van der Waals surface area contributed by atoms with E-state index in [1.807, 2.05) is 0 Å². The largest absolute Gasteiger partial charge is 0.0613 e. The van der Waals surface area contributed by atoms with Gasteiger partial charge in [0.1, 0.15) is 0 Å². The molecule has 0 aromatic heterocycles. The molecule has 0 atom stereocenters. The van der Waals surface area contributed by atoms with E-state index >= 15 is 0 Å². The molecule has 3 aromatic rings. The van der Waals surface area contributed by atoms with Crippen LogP contribution in [-0.2, 0) is 0 Å². The Balaban J connectivity index is 2.30. The van der Waals surface area contributed by atoms with Crippen LogP contribution in [0.1, 0.15) is 11.1 Å². The second-order valence-electron chi connectivity index (χ2n) is 5.16. The number of benzene rings is 3. The molecule has 86 valence electrons. The summed E-state index contributed by atoms with van der Waals surface area (Å²) in [4.78, 5) is 0. The first-order chi connectivity index (χ1) is 8.77. The maximum absolute atomic E-state index is 2.27. The van der Waals surface area contributed by atoms with E-state index in [1.165, 1.54) is 44.2 Å². The van der Waals surface area contributed by atoms with E-state index < -0.39 is 0 Å². The van der Waals surface area contributed by atoms with Gasteiger partial charge in [-0.3, -0.25) is 0 Å². The minimum Gasteiger partial charge on any atom is -0.0613 e. The molecule has 0 heteroatoms. The van der Waals surface area contributed by atoms with Crippen molar-refractivity contribution in [1.29, 1.82) is 0 Å². The molecule has 1 aliphatic carbocycles. The topological polar surface area (TPSA) is 0 Å². The normalized spacial score (nSPS) is 11.9. The van der Waals surface area contributed by atoms with Gasteiger partial charge in [-0.25, -0.2) is 0 Å². The number of aryl methyl sites for hydroxylation is 2. The van der Waals surface area contributed by atoms with Crippen molar-refractivity contribution in [1.82, 2.24) is 0 Å². The number of hydrogen-bond donors (Lipinski definition) is 0. The fourth-order valence-corrected chi connectivity index (χ4v) is 3.24. The second kappa shape index (κ2) is 3.23. The molecule has 3 aromatic carbocycles. The van der Waals surface area contributed by atoms with Gasteiger partial charge < -0.3 is 0 Å². The molecule has 0 bridgehead atoms. The van der Waals surface area contributed by atoms with E-state index in [-0.39, 0.29) is 0 Å². The van der Waals surface area contributed by atoms with Gasteiger partial charge in [0.05, 0.1) is 0 Å². The Bertz CT molecular complexity index is 794. The van der Waals surface area contributed by atoms with Crippen LogP contribution in [-0.4, -0.2) is 0 Å². The fourth-order valence-electron chi connectivity index (χ4n) is 3.24. The Morgan fingerprint density at radius 1 is 0.611 bits per heavy atom. The summed E-state index contributed by atoms with van der Waals surface area (Å²) in [5.41, 5.74) is 8.34. The SMILES string of the molecule is Cc1cccc2c1-c1cccc3c(C)ccc-2c13. The number of rotatable bonds is 0. The number of hydrogen-bond acceptors (Lipinski definition) is 0. The van der Waals surface area contributed by atoms with Crippen molar-refractivity contribution < 1.29 is 0 Å². The van der Waals surface area contributed by atoms with Gasteiger partial charge in [0.2, 0.25) is 0 Å². The maximum atomic E-state index is 2.27. The lowest BCUT2D eigenvalue weighted by molar-refractivity contribution is 1.48. The zero-order valence-electron chi connectivity index (χ0n) is 10.6. The highest BCUT2D eigenvalue weighted by Gasteiger charge is 2.22. The highest BCUT2D eigenvalue weighted by molar-refractivity contribution is 6.16. The Kier molecular flexibility index (Phi) is 1.78. The summed E-state index contributed by atoms with van der Waals surface area (Å²) in [6.07, 6.45) is 0. The first-order valence-corrected chi connectivity index (χ1v) is 6.40. The monoisotopic (exact) mass is 230 g/mol. The minimum absolute atomic E-state index is 1.36. The molecule has 0 amide bonds. The van der Waals surface area contributed by atoms with Crippen molar-refractivity contribution in [3.8, 4) is 22.3 Å². The molecule has 0 unspecified atom stereocenters. The van der Waals surface area contributed by atoms with Crippen LogP contribution in [0.4, 0.5) is 0 Å². The summed E-state index contributed by atoms with van der Waals surface area (Å²) < 4.78 is 0. The standard InChI is InChI=1S/C18H14/c1-11-9-10-15-14-7-3-5-12(2)17(14)16-8-4-6-13(11)18(15)16/h3-10H,1-2H3. The molecule has 0 fully saturated rings. The zero-order chi connectivity index (χ0) is 12.3. The maximum Gasteiger partial charge on any atom is -0.00236 e. The highest BCUT2D eigenvalue weighted by Crippen LogP contribution is 2.48. The second-order valence-corrected chi connectivity index (χ2v) is 5.16. The van der Waals surface area contributed by atoms with Crippen LogP contribution in [0, 0.1) is 13.8 Å². The van der Waals surface area contributed by atoms with E-state index in [0.717, 1.165) is 0 Å². The van der Waals surface area contributed by atoms with Crippen LogP contribution >= 0.6 is 0 Å². The molecule has 0 aliphatic heterocycles. The van der Waals surface area contributed by atoms with Crippen molar-refractivity contribution in [2.24, 2.45) is 0 Å². The molecule has 0 N–H and O–H groups in total. The third-order valence-corrected chi connectivity index (χ3v) is 4.09. The molecule has 1 aliphatic rings. The van der Waals surface area contributed by atoms with Gasteiger partial charge in [0, 0.05) is 0 Å². The van der Waals surface area contributed by atoms with Crippen molar-refractivity contribution in [2.75, 3.05) is 0 Å². The molecule has 4 rings (SSSR count). The van der Waals surface area contributed by atoms with Crippen LogP contribution < -0.4 is 0 Å². The minimum atomic E-state index is 1.36. The third kappa shape index (κ3) is 1.06. The van der Waals surface area contributed by atoms with Gasteiger partial charge in [0.15, 0.2) is 0 Å². The molecular formula is C18H14. The molecule has 0 saturated carbocycles. The lowest BCUT2D eigenvalue weighted by Gasteiger charge is -2.05. The summed E-state index contributed by atoms with van der Waals surface area (Å²) in [6.45, 7) is 4.40. The summed E-state index contributed by atoms with van der Waals surface area (Å²) in [7, 11) is 0. The Hall–Kier alpha value is -2.08. The number of fused-ring (bicyclic) bond motifs is 3. The quantitative estimate of drug-likeness (QED) is 0.394. The van der Waals surface area contributed by atoms with Crippen LogP contribution in [0.5, 0.6) is 0 Å². The molecule has 0 radical (unpaired) electrons. The van der Waals surface area contributed by atoms with E-state index in [9.17, 15) is 0 Å². The van der Waals surface area contributed by atoms with Crippen LogP contribution in [0.25, 0.3) is 33.0 Å². The van der Waals surface area contributed by atoms with Crippen molar-refractivity contribution in [2.45, 2.75) is 13.8 Å². The third-order valence-electron chi connectivity index (χ3n) is 4.09. The van der Waals surface area contributed by atoms with Gasteiger partial charge in [0.25, 0.3) is 0 Å². The highest BCUT2D eigenvalue weighted by atomic mass is 14.2. The summed E-state index contributed by atoms with van der Waals surface area (Å²) >= 11 is 0. The van der Waals surface area contributed by atoms with Crippen molar-refractivity contribution >= 4 is 10.8 Å². The summed E-state index contributed by atoms with van der Waals surface area (Å²) in [5, 5.41) is 2.82. The van der Waals surface area contributed by atoms with Crippen molar-refractivity contribution in [3.63, 3.8) is 0 Å². The summed E-state index contributed by atoms with van der Waals surface area (Å²) in [6, 6.07) is 17.8. The Morgan fingerprint density at radius 2 is 1.39 bits per heavy atom. The van der Waals surface area contributed by atoms with Gasteiger partial charge in [-0.1, -0.05) is 48.5 Å². The Labute approximate surface area is 107 Å². The van der Waals surface area contributed by atoms with Gasteiger partial charge in [-0.2, -0.15) is 0 Å². The zero-order valence-corrected chi connectivity index (χ0v) is 10.6. The average molecular weight is 230 g/mol. The predicted molar refractivity (Wildman–Crippen MR) is 77.9 cm³/mol. The summed E-state index contributed by atoms with van der Waals surface area (Å²) in [5.74, 6) is 0. The molecule has 0 heterocycles. The lowest BCUT2D eigenvalue weighted by atomic mass is 9.99. The van der Waals surface area contributed by atoms with Gasteiger partial charge >= 0.3 is 0 Å². The van der Waals surface area contributed by atoms with E-state index in [1.54, 1.807) is 0 Å². The van der Waals surface area contributed by atoms with Crippen LogP contribution in [0.2, 0.25) is 0 Å². The fraction of sp³-hybridized carbons (Fsp3) is 0.111. The van der Waals surface area contributed by atoms with Crippen LogP contribution in [0.3, 0.4) is 0 Å². The molecular weight excluding hydrogens is 216 g/mol. The van der Waals surface area contributed by atoms with Gasteiger partial charge in [-0.15, -0.1) is 0 Å². The van der Waals surface area contributed by atoms with Crippen molar-refractivity contribution in [3.05, 3.63) is 59.7 Å². The van der Waals surface area contributed by atoms with E-state index in [2.05, 4.69) is 62.4 Å². The lowest BCUT2D eigenvalue weighted by Crippen LogP contribution is -1.80. The van der Waals surface area contributed by atoms with E-state index in [0.29, 0.717) is 0 Å². The van der Waals surface area contributed by atoms with Gasteiger partial charge in [-0.05, 0) is 58.0 Å². The molecule has 0 saturated heterocycles. The molecule has 0 spiro atoms. The van der Waals surface area contributed by atoms with E-state index in [4.69, 9.17) is 0 Å². The van der Waals surface area contributed by atoms with Crippen LogP contribution in [0.15, 0.2) is 48.5 Å². The predicted octanol–water partition coefficient (Wildman–Crippen LogP) is 5.10.